The van der Waals surface area contributed by atoms with Crippen molar-refractivity contribution >= 4 is 17.1 Å². The van der Waals surface area contributed by atoms with Crippen LogP contribution in [-0.2, 0) is 0 Å². The Morgan fingerprint density at radius 2 is 2.25 bits per heavy atom. The van der Waals surface area contributed by atoms with Gasteiger partial charge >= 0.3 is 0 Å². The molecule has 3 heteroatoms. The van der Waals surface area contributed by atoms with Crippen molar-refractivity contribution in [2.45, 2.75) is 25.7 Å². The average Bonchev–Trinajstić information content (AvgIpc) is 2.77. The fraction of sp³-hybridized carbons (Fsp3) is 0.556. The molecule has 1 fully saturated rings. The standard InChI is InChI=1S/C9H11NOS/c11-9(7-3-1-2-4-7)8-5-12-6-10-8/h5-7H,1-4H2. The smallest absolute Gasteiger partial charge is 0.185 e. The molecule has 0 aliphatic heterocycles. The fourth-order valence-corrected chi connectivity index (χ4v) is 2.27. The number of Topliss-reactive ketones (excluding diaryl/α,β-unsaturated/α-hetero) is 1. The van der Waals surface area contributed by atoms with Crippen molar-refractivity contribution in [3.63, 3.8) is 0 Å². The molecule has 1 aromatic heterocycles. The lowest BCUT2D eigenvalue weighted by atomic mass is 10.0. The first kappa shape index (κ1) is 7.92. The molecule has 0 amide bonds. The predicted octanol–water partition coefficient (Wildman–Crippen LogP) is 2.52. The maximum absolute atomic E-state index is 11.7. The van der Waals surface area contributed by atoms with Crippen LogP contribution in [0.25, 0.3) is 0 Å². The highest BCUT2D eigenvalue weighted by Crippen LogP contribution is 2.27. The number of carbonyl (C=O) groups excluding carboxylic acids is 1. The lowest BCUT2D eigenvalue weighted by Gasteiger charge is -2.03. The molecule has 0 radical (unpaired) electrons. The van der Waals surface area contributed by atoms with Crippen LogP contribution < -0.4 is 0 Å². The first-order valence-corrected chi connectivity index (χ1v) is 5.24. The Balaban J connectivity index is 2.09. The third kappa shape index (κ3) is 1.41. The lowest BCUT2D eigenvalue weighted by molar-refractivity contribution is 0.0918. The monoisotopic (exact) mass is 181 g/mol. The first-order chi connectivity index (χ1) is 5.88. The van der Waals surface area contributed by atoms with Crippen molar-refractivity contribution < 1.29 is 4.79 Å². The van der Waals surface area contributed by atoms with Gasteiger partial charge in [0.05, 0.1) is 5.51 Å². The topological polar surface area (TPSA) is 30.0 Å². The van der Waals surface area contributed by atoms with Crippen LogP contribution in [-0.4, -0.2) is 10.8 Å². The molecule has 2 nitrogen and oxygen atoms in total. The molecule has 1 saturated carbocycles. The minimum atomic E-state index is 0.258. The van der Waals surface area contributed by atoms with E-state index >= 15 is 0 Å². The second kappa shape index (κ2) is 3.35. The van der Waals surface area contributed by atoms with E-state index in [2.05, 4.69) is 4.98 Å². The van der Waals surface area contributed by atoms with Gasteiger partial charge in [-0.2, -0.15) is 0 Å². The number of carbonyl (C=O) groups is 1. The van der Waals surface area contributed by atoms with Gasteiger partial charge in [-0.1, -0.05) is 12.8 Å². The molecule has 1 aromatic rings. The van der Waals surface area contributed by atoms with Crippen molar-refractivity contribution in [2.75, 3.05) is 0 Å². The van der Waals surface area contributed by atoms with E-state index in [-0.39, 0.29) is 11.7 Å². The van der Waals surface area contributed by atoms with Gasteiger partial charge in [0.15, 0.2) is 5.78 Å². The van der Waals surface area contributed by atoms with Gasteiger partial charge in [-0.3, -0.25) is 4.79 Å². The second-order valence-electron chi connectivity index (χ2n) is 3.22. The number of aromatic nitrogens is 1. The quantitative estimate of drug-likeness (QED) is 0.656. The Morgan fingerprint density at radius 1 is 1.50 bits per heavy atom. The summed E-state index contributed by atoms with van der Waals surface area (Å²) in [5.74, 6) is 0.529. The Morgan fingerprint density at radius 3 is 2.83 bits per heavy atom. The minimum Gasteiger partial charge on any atom is -0.292 e. The number of rotatable bonds is 2. The van der Waals surface area contributed by atoms with Gasteiger partial charge in [-0.15, -0.1) is 11.3 Å². The summed E-state index contributed by atoms with van der Waals surface area (Å²) in [5, 5.41) is 1.85. The third-order valence-electron chi connectivity index (χ3n) is 2.41. The number of hydrogen-bond donors (Lipinski definition) is 0. The van der Waals surface area contributed by atoms with Crippen molar-refractivity contribution in [1.82, 2.24) is 4.98 Å². The fourth-order valence-electron chi connectivity index (χ4n) is 1.73. The SMILES string of the molecule is O=C(c1cscn1)C1CCCC1. The van der Waals surface area contributed by atoms with E-state index in [1.807, 2.05) is 5.38 Å². The predicted molar refractivity (Wildman–Crippen MR) is 48.4 cm³/mol. The lowest BCUT2D eigenvalue weighted by Crippen LogP contribution is -2.10. The van der Waals surface area contributed by atoms with E-state index in [0.29, 0.717) is 5.69 Å². The van der Waals surface area contributed by atoms with Gasteiger partial charge in [0.25, 0.3) is 0 Å². The molecule has 1 heterocycles. The molecule has 0 saturated heterocycles. The summed E-state index contributed by atoms with van der Waals surface area (Å²) in [6.45, 7) is 0. The molecule has 1 aliphatic rings. The number of nitrogens with zero attached hydrogens (tertiary/aromatic N) is 1. The molecule has 0 bridgehead atoms. The zero-order chi connectivity index (χ0) is 8.39. The molecule has 0 spiro atoms. The van der Waals surface area contributed by atoms with Crippen LogP contribution in [0.4, 0.5) is 0 Å². The Bertz CT molecular complexity index is 262. The number of thiazole rings is 1. The summed E-state index contributed by atoms with van der Waals surface area (Å²) in [7, 11) is 0. The zero-order valence-corrected chi connectivity index (χ0v) is 7.64. The highest BCUT2D eigenvalue weighted by molar-refractivity contribution is 7.07. The van der Waals surface area contributed by atoms with Crippen LogP contribution in [0.15, 0.2) is 10.9 Å². The molecular formula is C9H11NOS. The van der Waals surface area contributed by atoms with Crippen molar-refractivity contribution in [3.8, 4) is 0 Å². The molecule has 0 N–H and O–H groups in total. The van der Waals surface area contributed by atoms with Crippen molar-refractivity contribution in [3.05, 3.63) is 16.6 Å². The van der Waals surface area contributed by atoms with Gasteiger partial charge in [0.1, 0.15) is 5.69 Å². The van der Waals surface area contributed by atoms with Gasteiger partial charge in [-0.25, -0.2) is 4.98 Å². The maximum Gasteiger partial charge on any atom is 0.185 e. The molecule has 64 valence electrons. The highest BCUT2D eigenvalue weighted by Gasteiger charge is 2.24. The minimum absolute atomic E-state index is 0.258. The normalized spacial score (nSPS) is 18.3. The molecule has 12 heavy (non-hydrogen) atoms. The average molecular weight is 181 g/mol. The molecule has 0 aromatic carbocycles. The number of hydrogen-bond acceptors (Lipinski definition) is 3. The summed E-state index contributed by atoms with van der Waals surface area (Å²) in [5.41, 5.74) is 2.40. The molecule has 1 aliphatic carbocycles. The Labute approximate surface area is 75.6 Å². The van der Waals surface area contributed by atoms with E-state index in [4.69, 9.17) is 0 Å². The van der Waals surface area contributed by atoms with E-state index in [1.54, 1.807) is 5.51 Å². The van der Waals surface area contributed by atoms with Crippen LogP contribution in [0.3, 0.4) is 0 Å². The summed E-state index contributed by atoms with van der Waals surface area (Å²) >= 11 is 1.49. The molecular weight excluding hydrogens is 170 g/mol. The van der Waals surface area contributed by atoms with Crippen LogP contribution in [0.2, 0.25) is 0 Å². The van der Waals surface area contributed by atoms with Gasteiger partial charge in [-0.05, 0) is 12.8 Å². The van der Waals surface area contributed by atoms with Crippen LogP contribution in [0.1, 0.15) is 36.2 Å². The van der Waals surface area contributed by atoms with E-state index < -0.39 is 0 Å². The Hall–Kier alpha value is -0.700. The summed E-state index contributed by atoms with van der Waals surface area (Å²) in [6.07, 6.45) is 4.55. The van der Waals surface area contributed by atoms with Gasteiger partial charge in [0.2, 0.25) is 0 Å². The van der Waals surface area contributed by atoms with Gasteiger partial charge < -0.3 is 0 Å². The summed E-state index contributed by atoms with van der Waals surface area (Å²) in [4.78, 5) is 15.7. The van der Waals surface area contributed by atoms with Crippen molar-refractivity contribution in [2.24, 2.45) is 5.92 Å². The summed E-state index contributed by atoms with van der Waals surface area (Å²) < 4.78 is 0. The Kier molecular flexibility index (Phi) is 2.21. The van der Waals surface area contributed by atoms with Gasteiger partial charge in [0, 0.05) is 11.3 Å². The number of ketones is 1. The zero-order valence-electron chi connectivity index (χ0n) is 6.82. The summed E-state index contributed by atoms with van der Waals surface area (Å²) in [6, 6.07) is 0. The highest BCUT2D eigenvalue weighted by atomic mass is 32.1. The molecule has 2 rings (SSSR count). The molecule has 0 atom stereocenters. The first-order valence-electron chi connectivity index (χ1n) is 4.30. The van der Waals surface area contributed by atoms with E-state index in [1.165, 1.54) is 24.2 Å². The van der Waals surface area contributed by atoms with Crippen molar-refractivity contribution in [1.29, 1.82) is 0 Å². The molecule has 0 unspecified atom stereocenters. The third-order valence-corrected chi connectivity index (χ3v) is 3.00. The second-order valence-corrected chi connectivity index (χ2v) is 3.94. The van der Waals surface area contributed by atoms with E-state index in [9.17, 15) is 4.79 Å². The van der Waals surface area contributed by atoms with Crippen LogP contribution >= 0.6 is 11.3 Å². The van der Waals surface area contributed by atoms with Crippen LogP contribution in [0.5, 0.6) is 0 Å². The maximum atomic E-state index is 11.7. The largest absolute Gasteiger partial charge is 0.292 e. The van der Waals surface area contributed by atoms with Crippen LogP contribution in [0, 0.1) is 5.92 Å². The van der Waals surface area contributed by atoms with E-state index in [0.717, 1.165) is 12.8 Å².